The van der Waals surface area contributed by atoms with Crippen molar-refractivity contribution in [3.63, 3.8) is 0 Å². The van der Waals surface area contributed by atoms with Crippen LogP contribution in [0.2, 0.25) is 0 Å². The largest absolute Gasteiger partial charge is 0.481 e. The summed E-state index contributed by atoms with van der Waals surface area (Å²) >= 11 is 0. The predicted molar refractivity (Wildman–Crippen MR) is 81.0 cm³/mol. The molecular formula is C16H28N2O3. The van der Waals surface area contributed by atoms with Gasteiger partial charge in [0.2, 0.25) is 0 Å². The summed E-state index contributed by atoms with van der Waals surface area (Å²) in [5, 5.41) is 14.6. The van der Waals surface area contributed by atoms with Crippen LogP contribution < -0.4 is 10.6 Å². The molecule has 0 heterocycles. The van der Waals surface area contributed by atoms with Gasteiger partial charge < -0.3 is 15.7 Å². The summed E-state index contributed by atoms with van der Waals surface area (Å²) in [6.45, 7) is 4.03. The van der Waals surface area contributed by atoms with Crippen LogP contribution in [0.5, 0.6) is 0 Å². The zero-order valence-electron chi connectivity index (χ0n) is 13.1. The molecule has 2 fully saturated rings. The average molecular weight is 296 g/mol. The van der Waals surface area contributed by atoms with Gasteiger partial charge in [-0.25, -0.2) is 4.79 Å². The molecule has 0 aromatic heterocycles. The van der Waals surface area contributed by atoms with Gasteiger partial charge in [-0.2, -0.15) is 0 Å². The number of carboxylic acid groups (broad SMARTS) is 1. The van der Waals surface area contributed by atoms with Crippen LogP contribution in [0, 0.1) is 17.8 Å². The molecule has 0 aliphatic heterocycles. The Morgan fingerprint density at radius 2 is 1.95 bits per heavy atom. The minimum atomic E-state index is -0.781. The molecular weight excluding hydrogens is 268 g/mol. The first kappa shape index (κ1) is 16.1. The molecule has 2 saturated carbocycles. The Bertz CT molecular complexity index is 386. The Labute approximate surface area is 126 Å². The fraction of sp³-hybridized carbons (Fsp3) is 0.875. The van der Waals surface area contributed by atoms with Gasteiger partial charge in [0, 0.05) is 18.5 Å². The molecule has 2 aliphatic rings. The number of hydrogen-bond acceptors (Lipinski definition) is 2. The first-order chi connectivity index (χ1) is 9.95. The number of carbonyl (C=O) groups is 2. The molecule has 3 N–H and O–H groups in total. The van der Waals surface area contributed by atoms with E-state index >= 15 is 0 Å². The number of aliphatic carboxylic acids is 1. The zero-order chi connectivity index (χ0) is 15.4. The van der Waals surface area contributed by atoms with Gasteiger partial charge in [-0.15, -0.1) is 0 Å². The van der Waals surface area contributed by atoms with Crippen LogP contribution in [0.4, 0.5) is 4.79 Å². The standard InChI is InChI=1S/C16H28N2O3/c1-10(4-3-5-15(19)20)17-16(21)18-11(2)14-9-12-6-7-13(14)8-12/h10-14H,3-9H2,1-2H3,(H,19,20)(H2,17,18,21). The maximum Gasteiger partial charge on any atom is 0.315 e. The molecule has 5 atom stereocenters. The molecule has 0 saturated heterocycles. The van der Waals surface area contributed by atoms with Crippen molar-refractivity contribution in [3.05, 3.63) is 0 Å². The minimum Gasteiger partial charge on any atom is -0.481 e. The Balaban J connectivity index is 1.65. The molecule has 5 heteroatoms. The van der Waals surface area contributed by atoms with Gasteiger partial charge >= 0.3 is 12.0 Å². The van der Waals surface area contributed by atoms with E-state index in [-0.39, 0.29) is 24.5 Å². The van der Waals surface area contributed by atoms with Crippen LogP contribution in [-0.2, 0) is 4.79 Å². The monoisotopic (exact) mass is 296 g/mol. The maximum absolute atomic E-state index is 12.0. The molecule has 2 bridgehead atoms. The molecule has 0 aromatic carbocycles. The number of hydrogen-bond donors (Lipinski definition) is 3. The van der Waals surface area contributed by atoms with Crippen molar-refractivity contribution in [2.75, 3.05) is 0 Å². The third-order valence-corrected chi connectivity index (χ3v) is 5.20. The summed E-state index contributed by atoms with van der Waals surface area (Å²) in [7, 11) is 0. The average Bonchev–Trinajstić information content (AvgIpc) is 2.99. The summed E-state index contributed by atoms with van der Waals surface area (Å²) in [6, 6.07) is 0.121. The van der Waals surface area contributed by atoms with Crippen LogP contribution in [0.3, 0.4) is 0 Å². The Hall–Kier alpha value is -1.26. The predicted octanol–water partition coefficient (Wildman–Crippen LogP) is 2.75. The number of urea groups is 1. The fourth-order valence-electron chi connectivity index (χ4n) is 4.12. The van der Waals surface area contributed by atoms with E-state index < -0.39 is 5.97 Å². The van der Waals surface area contributed by atoms with Gasteiger partial charge in [-0.3, -0.25) is 4.79 Å². The normalized spacial score (nSPS) is 29.9. The van der Waals surface area contributed by atoms with Gasteiger partial charge in [0.25, 0.3) is 0 Å². The lowest BCUT2D eigenvalue weighted by Gasteiger charge is -2.29. The summed E-state index contributed by atoms with van der Waals surface area (Å²) < 4.78 is 0. The second kappa shape index (κ2) is 7.14. The van der Waals surface area contributed by atoms with E-state index in [4.69, 9.17) is 5.11 Å². The number of fused-ring (bicyclic) bond motifs is 2. The Morgan fingerprint density at radius 1 is 1.19 bits per heavy atom. The van der Waals surface area contributed by atoms with Crippen LogP contribution in [0.25, 0.3) is 0 Å². The summed E-state index contributed by atoms with van der Waals surface area (Å²) in [5.41, 5.74) is 0. The maximum atomic E-state index is 12.0. The van der Waals surface area contributed by atoms with Crippen LogP contribution >= 0.6 is 0 Å². The highest BCUT2D eigenvalue weighted by molar-refractivity contribution is 5.74. The minimum absolute atomic E-state index is 0.0107. The number of nitrogens with one attached hydrogen (secondary N) is 2. The van der Waals surface area contributed by atoms with E-state index in [1.807, 2.05) is 6.92 Å². The molecule has 21 heavy (non-hydrogen) atoms. The second-order valence-electron chi connectivity index (χ2n) is 6.93. The lowest BCUT2D eigenvalue weighted by atomic mass is 9.84. The van der Waals surface area contributed by atoms with E-state index in [0.717, 1.165) is 11.8 Å². The number of rotatable bonds is 7. The molecule has 120 valence electrons. The smallest absolute Gasteiger partial charge is 0.315 e. The van der Waals surface area contributed by atoms with Crippen molar-refractivity contribution in [1.82, 2.24) is 10.6 Å². The lowest BCUT2D eigenvalue weighted by Crippen LogP contribution is -2.47. The van der Waals surface area contributed by atoms with Gasteiger partial charge in [0.15, 0.2) is 0 Å². The molecule has 0 radical (unpaired) electrons. The van der Waals surface area contributed by atoms with Gasteiger partial charge in [-0.1, -0.05) is 6.42 Å². The van der Waals surface area contributed by atoms with Gasteiger partial charge in [-0.05, 0) is 63.7 Å². The van der Waals surface area contributed by atoms with E-state index in [2.05, 4.69) is 17.6 Å². The van der Waals surface area contributed by atoms with Crippen LogP contribution in [0.1, 0.15) is 58.8 Å². The Kier molecular flexibility index (Phi) is 5.48. The van der Waals surface area contributed by atoms with Crippen LogP contribution in [0.15, 0.2) is 0 Å². The summed E-state index contributed by atoms with van der Waals surface area (Å²) in [5.74, 6) is 1.55. The molecule has 5 unspecified atom stereocenters. The third-order valence-electron chi connectivity index (χ3n) is 5.20. The highest BCUT2D eigenvalue weighted by atomic mass is 16.4. The highest BCUT2D eigenvalue weighted by Gasteiger charge is 2.42. The van der Waals surface area contributed by atoms with Crippen molar-refractivity contribution in [2.24, 2.45) is 17.8 Å². The zero-order valence-corrected chi connectivity index (χ0v) is 13.1. The molecule has 0 spiro atoms. The Morgan fingerprint density at radius 3 is 2.52 bits per heavy atom. The molecule has 5 nitrogen and oxygen atoms in total. The quantitative estimate of drug-likeness (QED) is 0.676. The van der Waals surface area contributed by atoms with Gasteiger partial charge in [0.1, 0.15) is 0 Å². The van der Waals surface area contributed by atoms with Crippen LogP contribution in [-0.4, -0.2) is 29.2 Å². The number of carbonyl (C=O) groups excluding carboxylic acids is 1. The van der Waals surface area contributed by atoms with E-state index in [9.17, 15) is 9.59 Å². The van der Waals surface area contributed by atoms with Crippen molar-refractivity contribution >= 4 is 12.0 Å². The lowest BCUT2D eigenvalue weighted by molar-refractivity contribution is -0.137. The highest BCUT2D eigenvalue weighted by Crippen LogP contribution is 2.49. The molecule has 0 aromatic rings. The summed E-state index contributed by atoms with van der Waals surface area (Å²) in [6.07, 6.45) is 6.77. The first-order valence-corrected chi connectivity index (χ1v) is 8.24. The summed E-state index contributed by atoms with van der Waals surface area (Å²) in [4.78, 5) is 22.4. The SMILES string of the molecule is CC(CCCC(=O)O)NC(=O)NC(C)C1CC2CCC1C2. The number of amides is 2. The molecule has 2 amide bonds. The van der Waals surface area contributed by atoms with Crippen molar-refractivity contribution in [2.45, 2.75) is 70.9 Å². The second-order valence-corrected chi connectivity index (χ2v) is 6.93. The first-order valence-electron chi connectivity index (χ1n) is 8.24. The topological polar surface area (TPSA) is 78.4 Å². The third kappa shape index (κ3) is 4.61. The van der Waals surface area contributed by atoms with E-state index in [1.54, 1.807) is 0 Å². The van der Waals surface area contributed by atoms with Crippen molar-refractivity contribution < 1.29 is 14.7 Å². The van der Waals surface area contributed by atoms with Gasteiger partial charge in [0.05, 0.1) is 0 Å². The molecule has 2 aliphatic carbocycles. The molecule has 2 rings (SSSR count). The number of carboxylic acids is 1. The fourth-order valence-corrected chi connectivity index (χ4v) is 4.12. The van der Waals surface area contributed by atoms with Crippen molar-refractivity contribution in [3.8, 4) is 0 Å². The van der Waals surface area contributed by atoms with E-state index in [0.29, 0.717) is 18.8 Å². The van der Waals surface area contributed by atoms with E-state index in [1.165, 1.54) is 25.7 Å². The van der Waals surface area contributed by atoms with Crippen molar-refractivity contribution in [1.29, 1.82) is 0 Å².